The molecule has 0 saturated heterocycles. The number of hydrogen-bond acceptors (Lipinski definition) is 9. The number of rotatable bonds is 8. The maximum absolute atomic E-state index is 14.7. The highest BCUT2D eigenvalue weighted by Gasteiger charge is 2.47. The Kier molecular flexibility index (Phi) is 7.76. The number of carbonyl (C=O) groups is 1. The molecule has 0 radical (unpaired) electrons. The van der Waals surface area contributed by atoms with Gasteiger partial charge >= 0.3 is 0 Å². The topological polar surface area (TPSA) is 81.5 Å². The number of aromatic hydroxyl groups is 1. The smallest absolute Gasteiger partial charge is 0.258 e. The first-order valence-electron chi connectivity index (χ1n) is 14.8. The number of fused-ring (bicyclic) bond motifs is 3. The number of thioether (sulfide) groups is 1. The first kappa shape index (κ1) is 29.3. The summed E-state index contributed by atoms with van der Waals surface area (Å²) in [5.41, 5.74) is 4.34. The van der Waals surface area contributed by atoms with Crippen LogP contribution in [0.3, 0.4) is 0 Å². The molecule has 3 heterocycles. The molecule has 2 aliphatic rings. The van der Waals surface area contributed by atoms with E-state index in [4.69, 9.17) is 14.7 Å². The molecule has 1 amide bonds. The first-order valence-corrected chi connectivity index (χ1v) is 16.5. The van der Waals surface area contributed by atoms with Gasteiger partial charge in [-0.05, 0) is 84.0 Å². The van der Waals surface area contributed by atoms with Crippen LogP contribution in [0.25, 0.3) is 10.2 Å². The lowest BCUT2D eigenvalue weighted by atomic mass is 10.0. The second kappa shape index (κ2) is 11.4. The van der Waals surface area contributed by atoms with E-state index >= 15 is 0 Å². The normalized spacial score (nSPS) is 16.8. The highest BCUT2D eigenvalue weighted by Crippen LogP contribution is 2.51. The van der Waals surface area contributed by atoms with E-state index in [-0.39, 0.29) is 11.7 Å². The zero-order valence-electron chi connectivity index (χ0n) is 25.4. The zero-order chi connectivity index (χ0) is 30.5. The van der Waals surface area contributed by atoms with Gasteiger partial charge in [-0.15, -0.1) is 11.3 Å². The molecule has 0 bridgehead atoms. The Labute approximate surface area is 261 Å². The molecule has 1 unspecified atom stereocenters. The van der Waals surface area contributed by atoms with Gasteiger partial charge in [0.05, 0.1) is 21.6 Å². The summed E-state index contributed by atoms with van der Waals surface area (Å²) in [5.74, 6) is 1.40. The average Bonchev–Trinajstić information content (AvgIpc) is 3.56. The highest BCUT2D eigenvalue weighted by molar-refractivity contribution is 8.16. The summed E-state index contributed by atoms with van der Waals surface area (Å²) in [6.45, 7) is 16.1. The molecule has 0 saturated carbocycles. The highest BCUT2D eigenvalue weighted by atomic mass is 32.2. The minimum atomic E-state index is -0.642. The van der Waals surface area contributed by atoms with Crippen LogP contribution in [-0.4, -0.2) is 58.0 Å². The SMILES string of the molecule is CCN(CC)c1ccc2c(c1)Oc1cc(N(CC)CC)ccc1N2C(=O)C1N=C(c2nc3ccc(O)cc3s2)SC1(C)C. The molecule has 6 rings (SSSR count). The van der Waals surface area contributed by atoms with Crippen LogP contribution in [0.15, 0.2) is 59.6 Å². The summed E-state index contributed by atoms with van der Waals surface area (Å²) in [4.78, 5) is 30.8. The molecule has 2 aliphatic heterocycles. The van der Waals surface area contributed by atoms with Gasteiger partial charge in [0.2, 0.25) is 0 Å². The van der Waals surface area contributed by atoms with Crippen molar-refractivity contribution >= 4 is 67.0 Å². The van der Waals surface area contributed by atoms with Gasteiger partial charge in [-0.25, -0.2) is 4.98 Å². The number of aliphatic imine (C=N–C) groups is 1. The summed E-state index contributed by atoms with van der Waals surface area (Å²) in [6, 6.07) is 16.7. The van der Waals surface area contributed by atoms with Crippen LogP contribution in [0.5, 0.6) is 17.2 Å². The van der Waals surface area contributed by atoms with Crippen molar-refractivity contribution in [3.05, 3.63) is 59.6 Å². The van der Waals surface area contributed by atoms with Gasteiger partial charge in [0.25, 0.3) is 5.91 Å². The van der Waals surface area contributed by atoms with E-state index in [9.17, 15) is 9.90 Å². The van der Waals surface area contributed by atoms with E-state index in [1.54, 1.807) is 34.9 Å². The minimum absolute atomic E-state index is 0.108. The number of phenols is 1. The predicted octanol–water partition coefficient (Wildman–Crippen LogP) is 7.81. The number of thiazole rings is 1. The van der Waals surface area contributed by atoms with Crippen molar-refractivity contribution in [2.75, 3.05) is 40.9 Å². The van der Waals surface area contributed by atoms with E-state index in [2.05, 4.69) is 63.5 Å². The third-order valence-corrected chi connectivity index (χ3v) is 10.5. The molecule has 1 atom stereocenters. The molecule has 10 heteroatoms. The van der Waals surface area contributed by atoms with Crippen molar-refractivity contribution in [1.29, 1.82) is 0 Å². The van der Waals surface area contributed by atoms with Gasteiger partial charge in [0.1, 0.15) is 21.8 Å². The third kappa shape index (κ3) is 5.20. The fourth-order valence-corrected chi connectivity index (χ4v) is 7.97. The van der Waals surface area contributed by atoms with Crippen molar-refractivity contribution in [2.45, 2.75) is 52.3 Å². The number of ether oxygens (including phenoxy) is 1. The summed E-state index contributed by atoms with van der Waals surface area (Å²) in [7, 11) is 0. The van der Waals surface area contributed by atoms with Crippen LogP contribution >= 0.6 is 23.1 Å². The molecular weight excluding hydrogens is 579 g/mol. The molecule has 1 aromatic heterocycles. The number of phenolic OH excluding ortho intramolecular Hbond substituents is 1. The third-order valence-electron chi connectivity index (χ3n) is 8.12. The molecule has 1 N–H and O–H groups in total. The Balaban J connectivity index is 1.44. The molecule has 43 heavy (non-hydrogen) atoms. The van der Waals surface area contributed by atoms with Crippen LogP contribution in [-0.2, 0) is 4.79 Å². The number of amides is 1. The molecule has 3 aromatic carbocycles. The average molecular weight is 616 g/mol. The fraction of sp³-hybridized carbons (Fsp3) is 0.364. The Morgan fingerprint density at radius 3 is 2.05 bits per heavy atom. The van der Waals surface area contributed by atoms with E-state index in [0.717, 1.165) is 57.8 Å². The number of anilines is 4. The van der Waals surface area contributed by atoms with Crippen LogP contribution in [0, 0.1) is 0 Å². The lowest BCUT2D eigenvalue weighted by molar-refractivity contribution is -0.119. The largest absolute Gasteiger partial charge is 0.508 e. The van der Waals surface area contributed by atoms with E-state index < -0.39 is 10.8 Å². The minimum Gasteiger partial charge on any atom is -0.508 e. The zero-order valence-corrected chi connectivity index (χ0v) is 27.1. The quantitative estimate of drug-likeness (QED) is 0.217. The van der Waals surface area contributed by atoms with Crippen LogP contribution in [0.1, 0.15) is 46.6 Å². The van der Waals surface area contributed by atoms with Crippen LogP contribution in [0.4, 0.5) is 22.7 Å². The van der Waals surface area contributed by atoms with Gasteiger partial charge in [-0.2, -0.15) is 0 Å². The summed E-state index contributed by atoms with van der Waals surface area (Å²) >= 11 is 3.05. The maximum atomic E-state index is 14.7. The summed E-state index contributed by atoms with van der Waals surface area (Å²) < 4.78 is 6.93. The van der Waals surface area contributed by atoms with Gasteiger partial charge in [0.15, 0.2) is 11.5 Å². The number of nitrogens with zero attached hydrogens (tertiary/aromatic N) is 5. The van der Waals surface area contributed by atoms with Crippen LogP contribution < -0.4 is 19.4 Å². The Bertz CT molecular complexity index is 1660. The predicted molar refractivity (Wildman–Crippen MR) is 181 cm³/mol. The lowest BCUT2D eigenvalue weighted by Crippen LogP contribution is -2.44. The van der Waals surface area contributed by atoms with Gasteiger partial charge in [-0.3, -0.25) is 14.7 Å². The molecule has 4 aromatic rings. The molecule has 8 nitrogen and oxygen atoms in total. The van der Waals surface area contributed by atoms with Crippen molar-refractivity contribution in [1.82, 2.24) is 4.98 Å². The number of hydrogen-bond donors (Lipinski definition) is 1. The monoisotopic (exact) mass is 615 g/mol. The van der Waals surface area contributed by atoms with Crippen molar-refractivity contribution in [3.8, 4) is 17.2 Å². The van der Waals surface area contributed by atoms with Gasteiger partial charge in [-0.1, -0.05) is 11.8 Å². The standard InChI is InChI=1S/C33H37N5O3S2/c1-7-36(8-2)20-11-15-24-26(17-20)41-27-18-21(37(9-3)10-4)12-16-25(27)38(24)32(40)29-33(5,6)43-31(35-29)30-34-23-14-13-22(39)19-28(23)42-30/h11-19,29,39H,7-10H2,1-6H3. The lowest BCUT2D eigenvalue weighted by Gasteiger charge is -2.36. The second-order valence-electron chi connectivity index (χ2n) is 11.1. The first-order chi connectivity index (χ1) is 20.7. The summed E-state index contributed by atoms with van der Waals surface area (Å²) in [6.07, 6.45) is 0. The number of aromatic nitrogens is 1. The van der Waals surface area contributed by atoms with Gasteiger partial charge < -0.3 is 19.6 Å². The molecule has 0 aliphatic carbocycles. The number of carbonyl (C=O) groups excluding carboxylic acids is 1. The van der Waals surface area contributed by atoms with E-state index in [1.807, 2.05) is 24.3 Å². The number of benzene rings is 3. The van der Waals surface area contributed by atoms with Gasteiger partial charge in [0, 0.05) is 54.4 Å². The maximum Gasteiger partial charge on any atom is 0.258 e. The van der Waals surface area contributed by atoms with Crippen molar-refractivity contribution < 1.29 is 14.6 Å². The van der Waals surface area contributed by atoms with Crippen molar-refractivity contribution in [2.24, 2.45) is 4.99 Å². The Morgan fingerprint density at radius 1 is 0.907 bits per heavy atom. The molecular formula is C33H37N5O3S2. The molecule has 224 valence electrons. The van der Waals surface area contributed by atoms with Crippen molar-refractivity contribution in [3.63, 3.8) is 0 Å². The summed E-state index contributed by atoms with van der Waals surface area (Å²) in [5, 5.41) is 11.4. The van der Waals surface area contributed by atoms with Crippen LogP contribution in [0.2, 0.25) is 0 Å². The second-order valence-corrected chi connectivity index (χ2v) is 13.8. The fourth-order valence-electron chi connectivity index (χ4n) is 5.78. The Morgan fingerprint density at radius 2 is 1.49 bits per heavy atom. The molecule has 0 fully saturated rings. The van der Waals surface area contributed by atoms with E-state index in [0.29, 0.717) is 22.9 Å². The Hall–Kier alpha value is -3.76. The molecule has 0 spiro atoms. The van der Waals surface area contributed by atoms with E-state index in [1.165, 1.54) is 11.3 Å².